The van der Waals surface area contributed by atoms with Crippen LogP contribution in [0.1, 0.15) is 23.0 Å². The fraction of sp³-hybridized carbons (Fsp3) is 0.304. The molecule has 0 radical (unpaired) electrons. The minimum Gasteiger partial charge on any atom is -0.451 e. The van der Waals surface area contributed by atoms with Gasteiger partial charge in [0.05, 0.1) is 6.54 Å². The van der Waals surface area contributed by atoms with Crippen LogP contribution in [0.25, 0.3) is 11.0 Å². The molecule has 0 aliphatic carbocycles. The van der Waals surface area contributed by atoms with Crippen LogP contribution in [-0.4, -0.2) is 54.3 Å². The van der Waals surface area contributed by atoms with Crippen LogP contribution in [-0.2, 0) is 11.2 Å². The lowest BCUT2D eigenvalue weighted by Crippen LogP contribution is -2.50. The van der Waals surface area contributed by atoms with Gasteiger partial charge in [0.1, 0.15) is 5.58 Å². The number of benzene rings is 2. The summed E-state index contributed by atoms with van der Waals surface area (Å²) < 4.78 is 5.69. The van der Waals surface area contributed by atoms with Crippen LogP contribution in [0.2, 0.25) is 0 Å². The highest BCUT2D eigenvalue weighted by atomic mass is 16.3. The largest absolute Gasteiger partial charge is 0.451 e. The lowest BCUT2D eigenvalue weighted by Gasteiger charge is -2.33. The molecule has 0 unspecified atom stereocenters. The second-order valence-corrected chi connectivity index (χ2v) is 7.28. The van der Waals surface area contributed by atoms with Crippen molar-refractivity contribution in [2.45, 2.75) is 13.3 Å². The van der Waals surface area contributed by atoms with Gasteiger partial charge in [-0.25, -0.2) is 0 Å². The molecule has 2 heterocycles. The third-order valence-corrected chi connectivity index (χ3v) is 5.34. The second-order valence-electron chi connectivity index (χ2n) is 7.28. The van der Waals surface area contributed by atoms with Crippen molar-refractivity contribution in [3.05, 3.63) is 65.9 Å². The van der Waals surface area contributed by atoms with Gasteiger partial charge < -0.3 is 14.6 Å². The predicted octanol–water partition coefficient (Wildman–Crippen LogP) is 3.39. The van der Waals surface area contributed by atoms with Crippen molar-refractivity contribution in [3.8, 4) is 0 Å². The Morgan fingerprint density at radius 1 is 1.00 bits per heavy atom. The third-order valence-electron chi connectivity index (χ3n) is 5.34. The smallest absolute Gasteiger partial charge is 0.289 e. The van der Waals surface area contributed by atoms with E-state index in [4.69, 9.17) is 4.42 Å². The van der Waals surface area contributed by atoms with Gasteiger partial charge in [0.15, 0.2) is 5.76 Å². The van der Waals surface area contributed by atoms with Crippen LogP contribution < -0.4 is 5.32 Å². The van der Waals surface area contributed by atoms with E-state index in [0.29, 0.717) is 38.5 Å². The van der Waals surface area contributed by atoms with Crippen LogP contribution in [0.15, 0.2) is 59.0 Å². The average Bonchev–Trinajstić information content (AvgIpc) is 3.18. The molecule has 1 N–H and O–H groups in total. The number of hydrogen-bond acceptors (Lipinski definition) is 4. The maximum atomic E-state index is 12.7. The fourth-order valence-corrected chi connectivity index (χ4v) is 3.70. The summed E-state index contributed by atoms with van der Waals surface area (Å²) in [7, 11) is 0. The van der Waals surface area contributed by atoms with E-state index in [0.717, 1.165) is 28.6 Å². The van der Waals surface area contributed by atoms with E-state index in [1.54, 1.807) is 11.0 Å². The summed E-state index contributed by atoms with van der Waals surface area (Å²) in [6.45, 7) is 4.88. The summed E-state index contributed by atoms with van der Waals surface area (Å²) in [5, 5.41) is 3.94. The summed E-state index contributed by atoms with van der Waals surface area (Å²) in [4.78, 5) is 29.0. The number of nitrogens with one attached hydrogen (secondary N) is 1. The van der Waals surface area contributed by atoms with Crippen molar-refractivity contribution in [1.29, 1.82) is 0 Å². The molecule has 1 aliphatic rings. The van der Waals surface area contributed by atoms with Crippen molar-refractivity contribution in [3.63, 3.8) is 0 Å². The molecule has 3 aromatic rings. The zero-order chi connectivity index (χ0) is 20.2. The van der Waals surface area contributed by atoms with Gasteiger partial charge in [0, 0.05) is 37.3 Å². The second kappa shape index (κ2) is 8.49. The highest BCUT2D eigenvalue weighted by molar-refractivity contribution is 5.96. The van der Waals surface area contributed by atoms with E-state index in [1.165, 1.54) is 0 Å². The molecule has 0 bridgehead atoms. The Morgan fingerprint density at radius 2 is 1.72 bits per heavy atom. The maximum Gasteiger partial charge on any atom is 0.289 e. The average molecular weight is 391 g/mol. The first-order valence-corrected chi connectivity index (χ1v) is 10.0. The minimum absolute atomic E-state index is 0.0250. The maximum absolute atomic E-state index is 12.7. The lowest BCUT2D eigenvalue weighted by molar-refractivity contribution is -0.117. The van der Waals surface area contributed by atoms with Crippen LogP contribution in [0.5, 0.6) is 0 Å². The van der Waals surface area contributed by atoms with Gasteiger partial charge in [0.25, 0.3) is 5.91 Å². The zero-order valence-corrected chi connectivity index (χ0v) is 16.6. The summed E-state index contributed by atoms with van der Waals surface area (Å²) in [5.74, 6) is 0.249. The molecule has 0 spiro atoms. The summed E-state index contributed by atoms with van der Waals surface area (Å²) in [6, 6.07) is 17.3. The number of carbonyl (C=O) groups is 2. The van der Waals surface area contributed by atoms with Crippen molar-refractivity contribution in [1.82, 2.24) is 9.80 Å². The Kier molecular flexibility index (Phi) is 5.62. The van der Waals surface area contributed by atoms with Crippen molar-refractivity contribution < 1.29 is 14.0 Å². The molecule has 150 valence electrons. The Hall–Kier alpha value is -3.12. The normalized spacial score (nSPS) is 14.9. The van der Waals surface area contributed by atoms with Gasteiger partial charge in [-0.15, -0.1) is 0 Å². The molecule has 2 aromatic carbocycles. The molecular weight excluding hydrogens is 366 g/mol. The topological polar surface area (TPSA) is 65.8 Å². The molecule has 6 heteroatoms. The number of aryl methyl sites for hydroxylation is 1. The molecule has 1 saturated heterocycles. The predicted molar refractivity (Wildman–Crippen MR) is 113 cm³/mol. The van der Waals surface area contributed by atoms with Gasteiger partial charge in [-0.3, -0.25) is 14.5 Å². The van der Waals surface area contributed by atoms with Crippen LogP contribution in [0, 0.1) is 0 Å². The SMILES string of the molecule is CCc1ccccc1NC(=O)CN1CCN(C(=O)c2cc3ccccc3o2)CC1. The third kappa shape index (κ3) is 4.32. The fourth-order valence-electron chi connectivity index (χ4n) is 3.70. The van der Waals surface area contributed by atoms with Crippen molar-refractivity contribution in [2.75, 3.05) is 38.0 Å². The van der Waals surface area contributed by atoms with Crippen LogP contribution in [0.3, 0.4) is 0 Å². The number of amides is 2. The molecule has 1 fully saturated rings. The first-order valence-electron chi connectivity index (χ1n) is 10.0. The molecule has 29 heavy (non-hydrogen) atoms. The Labute approximate surface area is 170 Å². The van der Waals surface area contributed by atoms with Gasteiger partial charge in [-0.05, 0) is 30.2 Å². The van der Waals surface area contributed by atoms with E-state index in [-0.39, 0.29) is 11.8 Å². The molecule has 6 nitrogen and oxygen atoms in total. The Balaban J connectivity index is 1.31. The summed E-state index contributed by atoms with van der Waals surface area (Å²) in [6.07, 6.45) is 0.874. The summed E-state index contributed by atoms with van der Waals surface area (Å²) in [5.41, 5.74) is 2.72. The van der Waals surface area contributed by atoms with Gasteiger partial charge in [-0.2, -0.15) is 0 Å². The monoisotopic (exact) mass is 391 g/mol. The quantitative estimate of drug-likeness (QED) is 0.724. The Morgan fingerprint density at radius 3 is 2.48 bits per heavy atom. The molecule has 2 amide bonds. The van der Waals surface area contributed by atoms with Crippen LogP contribution >= 0.6 is 0 Å². The zero-order valence-electron chi connectivity index (χ0n) is 16.6. The highest BCUT2D eigenvalue weighted by Gasteiger charge is 2.25. The van der Waals surface area contributed by atoms with E-state index >= 15 is 0 Å². The van der Waals surface area contributed by atoms with E-state index in [9.17, 15) is 9.59 Å². The number of anilines is 1. The van der Waals surface area contributed by atoms with Crippen molar-refractivity contribution >= 4 is 28.5 Å². The van der Waals surface area contributed by atoms with Crippen molar-refractivity contribution in [2.24, 2.45) is 0 Å². The molecule has 1 aliphatic heterocycles. The number of hydrogen-bond donors (Lipinski definition) is 1. The number of para-hydroxylation sites is 2. The molecule has 0 atom stereocenters. The summed E-state index contributed by atoms with van der Waals surface area (Å²) >= 11 is 0. The highest BCUT2D eigenvalue weighted by Crippen LogP contribution is 2.21. The number of piperazine rings is 1. The van der Waals surface area contributed by atoms with E-state index < -0.39 is 0 Å². The first-order chi connectivity index (χ1) is 14.1. The molecule has 4 rings (SSSR count). The molecular formula is C23H25N3O3. The molecule has 1 aromatic heterocycles. The molecule has 0 saturated carbocycles. The van der Waals surface area contributed by atoms with Gasteiger partial charge in [0.2, 0.25) is 5.91 Å². The van der Waals surface area contributed by atoms with E-state index in [1.807, 2.05) is 48.5 Å². The number of rotatable bonds is 5. The first kappa shape index (κ1) is 19.2. The number of furan rings is 1. The number of carbonyl (C=O) groups excluding carboxylic acids is 2. The number of fused-ring (bicyclic) bond motifs is 1. The minimum atomic E-state index is -0.0952. The Bertz CT molecular complexity index is 986. The van der Waals surface area contributed by atoms with Crippen LogP contribution in [0.4, 0.5) is 5.69 Å². The number of nitrogens with zero attached hydrogens (tertiary/aromatic N) is 2. The standard InChI is InChI=1S/C23H25N3O3/c1-2-17-7-3-5-9-19(17)24-22(27)16-25-11-13-26(14-12-25)23(28)21-15-18-8-4-6-10-20(18)29-21/h3-10,15H,2,11-14,16H2,1H3,(H,24,27). The van der Waals surface area contributed by atoms with Gasteiger partial charge in [-0.1, -0.05) is 43.3 Å². The lowest BCUT2D eigenvalue weighted by atomic mass is 10.1. The van der Waals surface area contributed by atoms with E-state index in [2.05, 4.69) is 17.1 Å². The van der Waals surface area contributed by atoms with Gasteiger partial charge >= 0.3 is 0 Å².